The van der Waals surface area contributed by atoms with Crippen LogP contribution in [0.15, 0.2) is 24.3 Å². The van der Waals surface area contributed by atoms with Crippen LogP contribution in [0.1, 0.15) is 37.3 Å². The smallest absolute Gasteiger partial charge is 0.247 e. The van der Waals surface area contributed by atoms with Crippen molar-refractivity contribution in [1.29, 1.82) is 0 Å². The molecule has 1 atom stereocenters. The summed E-state index contributed by atoms with van der Waals surface area (Å²) in [5, 5.41) is 2.73. The minimum atomic E-state index is -0.840. The molecule has 2 amide bonds. The number of benzene rings is 1. The predicted molar refractivity (Wildman–Crippen MR) is 75.8 cm³/mol. The highest BCUT2D eigenvalue weighted by molar-refractivity contribution is 5.90. The van der Waals surface area contributed by atoms with E-state index in [9.17, 15) is 14.0 Å². The van der Waals surface area contributed by atoms with Crippen molar-refractivity contribution >= 4 is 11.8 Å². The van der Waals surface area contributed by atoms with Crippen LogP contribution in [0.2, 0.25) is 0 Å². The van der Waals surface area contributed by atoms with Crippen molar-refractivity contribution < 1.29 is 14.0 Å². The molecule has 1 N–H and O–H groups in total. The van der Waals surface area contributed by atoms with Crippen LogP contribution in [0.25, 0.3) is 0 Å². The lowest BCUT2D eigenvalue weighted by Crippen LogP contribution is -2.53. The van der Waals surface area contributed by atoms with Gasteiger partial charge in [-0.1, -0.05) is 31.0 Å². The largest absolute Gasteiger partial charge is 0.352 e. The lowest BCUT2D eigenvalue weighted by molar-refractivity contribution is -0.146. The molecule has 0 bridgehead atoms. The zero-order valence-electron chi connectivity index (χ0n) is 11.8. The van der Waals surface area contributed by atoms with E-state index in [2.05, 4.69) is 5.32 Å². The summed E-state index contributed by atoms with van der Waals surface area (Å²) in [5.74, 6) is -0.748. The molecule has 0 spiro atoms. The van der Waals surface area contributed by atoms with Crippen molar-refractivity contribution in [1.82, 2.24) is 10.2 Å². The average molecular weight is 290 g/mol. The van der Waals surface area contributed by atoms with Gasteiger partial charge in [0.1, 0.15) is 11.9 Å². The van der Waals surface area contributed by atoms with E-state index < -0.39 is 11.9 Å². The van der Waals surface area contributed by atoms with Crippen LogP contribution in [-0.2, 0) is 9.59 Å². The molecule has 1 aliphatic heterocycles. The van der Waals surface area contributed by atoms with Gasteiger partial charge in [0.2, 0.25) is 11.8 Å². The average Bonchev–Trinajstić information content (AvgIpc) is 3.01. The predicted octanol–water partition coefficient (Wildman–Crippen LogP) is 2.02. The fourth-order valence-electron chi connectivity index (χ4n) is 3.32. The zero-order valence-corrected chi connectivity index (χ0v) is 11.8. The molecule has 5 heteroatoms. The summed E-state index contributed by atoms with van der Waals surface area (Å²) >= 11 is 0. The molecule has 1 saturated carbocycles. The minimum Gasteiger partial charge on any atom is -0.352 e. The first-order valence-corrected chi connectivity index (χ1v) is 7.51. The molecule has 112 valence electrons. The molecular weight excluding hydrogens is 271 g/mol. The van der Waals surface area contributed by atoms with Gasteiger partial charge in [-0.25, -0.2) is 4.39 Å². The Morgan fingerprint density at radius 2 is 1.95 bits per heavy atom. The Hall–Kier alpha value is -1.91. The van der Waals surface area contributed by atoms with Crippen LogP contribution >= 0.6 is 0 Å². The number of rotatable bonds is 2. The summed E-state index contributed by atoms with van der Waals surface area (Å²) in [6.45, 7) is 0.877. The number of carbonyl (C=O) groups is 2. The van der Waals surface area contributed by atoms with Gasteiger partial charge in [0.05, 0.1) is 0 Å². The molecule has 1 saturated heterocycles. The number of amides is 2. The van der Waals surface area contributed by atoms with E-state index in [0.717, 1.165) is 25.7 Å². The van der Waals surface area contributed by atoms with Crippen LogP contribution in [-0.4, -0.2) is 29.8 Å². The summed E-state index contributed by atoms with van der Waals surface area (Å²) in [7, 11) is 0. The standard InChI is InChI=1S/C16H19FN2O2/c17-13-8-4-3-7-12(13)14-15(20)18-9-10-19(14)16(21)11-5-1-2-6-11/h3-4,7-8,11,14H,1-2,5-6,9-10H2,(H,18,20). The molecule has 1 aromatic carbocycles. The molecule has 1 unspecified atom stereocenters. The zero-order chi connectivity index (χ0) is 14.8. The second-order valence-electron chi connectivity index (χ2n) is 5.73. The first-order chi connectivity index (χ1) is 10.2. The van der Waals surface area contributed by atoms with Gasteiger partial charge in [0, 0.05) is 24.6 Å². The summed E-state index contributed by atoms with van der Waals surface area (Å²) < 4.78 is 14.0. The van der Waals surface area contributed by atoms with Crippen LogP contribution in [0.5, 0.6) is 0 Å². The Balaban J connectivity index is 1.91. The molecule has 3 rings (SSSR count). The van der Waals surface area contributed by atoms with Gasteiger partial charge in [-0.3, -0.25) is 9.59 Å². The third kappa shape index (κ3) is 2.64. The third-order valence-corrected chi connectivity index (χ3v) is 4.40. The van der Waals surface area contributed by atoms with Crippen LogP contribution in [0.4, 0.5) is 4.39 Å². The van der Waals surface area contributed by atoms with Crippen molar-refractivity contribution in [2.24, 2.45) is 5.92 Å². The topological polar surface area (TPSA) is 49.4 Å². The Bertz CT molecular complexity index is 555. The van der Waals surface area contributed by atoms with E-state index in [-0.39, 0.29) is 23.3 Å². The second kappa shape index (κ2) is 5.84. The van der Waals surface area contributed by atoms with Crippen LogP contribution in [0.3, 0.4) is 0 Å². The number of piperazine rings is 1. The Kier molecular flexibility index (Phi) is 3.90. The number of carbonyl (C=O) groups excluding carboxylic acids is 2. The van der Waals surface area contributed by atoms with Crippen molar-refractivity contribution in [2.75, 3.05) is 13.1 Å². The van der Waals surface area contributed by atoms with Crippen LogP contribution in [0, 0.1) is 11.7 Å². The highest BCUT2D eigenvalue weighted by Gasteiger charge is 2.38. The van der Waals surface area contributed by atoms with Gasteiger partial charge in [0.25, 0.3) is 0 Å². The van der Waals surface area contributed by atoms with Gasteiger partial charge in [0.15, 0.2) is 0 Å². The SMILES string of the molecule is O=C1NCCN(C(=O)C2CCCC2)C1c1ccccc1F. The highest BCUT2D eigenvalue weighted by Crippen LogP contribution is 2.32. The van der Waals surface area contributed by atoms with Gasteiger partial charge < -0.3 is 10.2 Å². The Morgan fingerprint density at radius 3 is 2.67 bits per heavy atom. The maximum absolute atomic E-state index is 14.0. The molecule has 0 aromatic heterocycles. The number of nitrogens with zero attached hydrogens (tertiary/aromatic N) is 1. The Labute approximate surface area is 123 Å². The molecule has 1 aromatic rings. The molecule has 4 nitrogen and oxygen atoms in total. The van der Waals surface area contributed by atoms with Crippen LogP contribution < -0.4 is 5.32 Å². The molecule has 2 fully saturated rings. The third-order valence-electron chi connectivity index (χ3n) is 4.40. The van der Waals surface area contributed by atoms with E-state index in [0.29, 0.717) is 13.1 Å². The quantitative estimate of drug-likeness (QED) is 0.906. The van der Waals surface area contributed by atoms with E-state index >= 15 is 0 Å². The maximum atomic E-state index is 14.0. The molecule has 2 aliphatic rings. The number of hydrogen-bond donors (Lipinski definition) is 1. The molecule has 21 heavy (non-hydrogen) atoms. The van der Waals surface area contributed by atoms with Gasteiger partial charge >= 0.3 is 0 Å². The van der Waals surface area contributed by atoms with E-state index in [1.807, 2.05) is 0 Å². The summed E-state index contributed by atoms with van der Waals surface area (Å²) in [6, 6.07) is 5.35. The highest BCUT2D eigenvalue weighted by atomic mass is 19.1. The molecule has 1 aliphatic carbocycles. The van der Waals surface area contributed by atoms with Crippen molar-refractivity contribution in [2.45, 2.75) is 31.7 Å². The molecular formula is C16H19FN2O2. The normalized spacial score (nSPS) is 23.2. The number of halogens is 1. The molecule has 0 radical (unpaired) electrons. The lowest BCUT2D eigenvalue weighted by atomic mass is 9.98. The van der Waals surface area contributed by atoms with E-state index in [1.165, 1.54) is 6.07 Å². The summed E-state index contributed by atoms with van der Waals surface area (Å²) in [6.07, 6.45) is 3.86. The first-order valence-electron chi connectivity index (χ1n) is 7.51. The fraction of sp³-hybridized carbons (Fsp3) is 0.500. The van der Waals surface area contributed by atoms with Crippen molar-refractivity contribution in [3.8, 4) is 0 Å². The van der Waals surface area contributed by atoms with E-state index in [1.54, 1.807) is 23.1 Å². The summed E-state index contributed by atoms with van der Waals surface area (Å²) in [5.41, 5.74) is 0.279. The number of hydrogen-bond acceptors (Lipinski definition) is 2. The van der Waals surface area contributed by atoms with Gasteiger partial charge in [-0.2, -0.15) is 0 Å². The lowest BCUT2D eigenvalue weighted by Gasteiger charge is -2.36. The van der Waals surface area contributed by atoms with Gasteiger partial charge in [-0.05, 0) is 18.9 Å². The molecule has 1 heterocycles. The first kappa shape index (κ1) is 14.0. The van der Waals surface area contributed by atoms with Gasteiger partial charge in [-0.15, -0.1) is 0 Å². The monoisotopic (exact) mass is 290 g/mol. The number of nitrogens with one attached hydrogen (secondary N) is 1. The van der Waals surface area contributed by atoms with Crippen molar-refractivity contribution in [3.05, 3.63) is 35.6 Å². The minimum absolute atomic E-state index is 0.00407. The Morgan fingerprint density at radius 1 is 1.24 bits per heavy atom. The fourth-order valence-corrected chi connectivity index (χ4v) is 3.32. The van der Waals surface area contributed by atoms with E-state index in [4.69, 9.17) is 0 Å². The van der Waals surface area contributed by atoms with Crippen molar-refractivity contribution in [3.63, 3.8) is 0 Å². The summed E-state index contributed by atoms with van der Waals surface area (Å²) in [4.78, 5) is 26.4. The maximum Gasteiger partial charge on any atom is 0.247 e. The second-order valence-corrected chi connectivity index (χ2v) is 5.73.